The highest BCUT2D eigenvalue weighted by molar-refractivity contribution is 5.53. The largest absolute Gasteiger partial charge is 0.493 e. The van der Waals surface area contributed by atoms with Crippen molar-refractivity contribution in [1.29, 1.82) is 0 Å². The van der Waals surface area contributed by atoms with E-state index < -0.39 is 0 Å². The molecule has 2 aliphatic heterocycles. The Hall–Kier alpha value is -1.26. The van der Waals surface area contributed by atoms with E-state index in [-0.39, 0.29) is 0 Å². The Morgan fingerprint density at radius 1 is 1.09 bits per heavy atom. The summed E-state index contributed by atoms with van der Waals surface area (Å²) < 4.78 is 16.7. The van der Waals surface area contributed by atoms with Crippen LogP contribution in [0.15, 0.2) is 12.1 Å². The van der Waals surface area contributed by atoms with Crippen molar-refractivity contribution in [2.45, 2.75) is 49.8 Å². The van der Waals surface area contributed by atoms with Crippen molar-refractivity contribution >= 4 is 0 Å². The predicted molar refractivity (Wildman–Crippen MR) is 84.7 cm³/mol. The van der Waals surface area contributed by atoms with Gasteiger partial charge in [0.25, 0.3) is 0 Å². The molecular formula is C18H25NO3. The van der Waals surface area contributed by atoms with Crippen molar-refractivity contribution < 1.29 is 14.2 Å². The average Bonchev–Trinajstić information content (AvgIpc) is 2.85. The molecular weight excluding hydrogens is 278 g/mol. The molecule has 22 heavy (non-hydrogen) atoms. The molecule has 2 heterocycles. The number of ether oxygens (including phenoxy) is 3. The monoisotopic (exact) mass is 303 g/mol. The highest BCUT2D eigenvalue weighted by Crippen LogP contribution is 2.55. The van der Waals surface area contributed by atoms with Crippen LogP contribution in [0.1, 0.15) is 36.8 Å². The molecule has 0 spiro atoms. The van der Waals surface area contributed by atoms with E-state index in [1.54, 1.807) is 14.2 Å². The van der Waals surface area contributed by atoms with Gasteiger partial charge in [-0.3, -0.25) is 4.90 Å². The number of methoxy groups -OCH3 is 3. The minimum atomic E-state index is 0.294. The van der Waals surface area contributed by atoms with Gasteiger partial charge in [0.2, 0.25) is 0 Å². The van der Waals surface area contributed by atoms with Gasteiger partial charge in [-0.05, 0) is 55.5 Å². The average molecular weight is 303 g/mol. The third-order valence-electron chi connectivity index (χ3n) is 6.17. The Morgan fingerprint density at radius 3 is 2.59 bits per heavy atom. The smallest absolute Gasteiger partial charge is 0.161 e. The first-order valence-corrected chi connectivity index (χ1v) is 8.24. The van der Waals surface area contributed by atoms with Gasteiger partial charge < -0.3 is 14.2 Å². The van der Waals surface area contributed by atoms with Gasteiger partial charge in [0.1, 0.15) is 0 Å². The topological polar surface area (TPSA) is 30.9 Å². The number of rotatable bonds is 3. The molecule has 1 aliphatic carbocycles. The predicted octanol–water partition coefficient (Wildman–Crippen LogP) is 2.73. The van der Waals surface area contributed by atoms with E-state index in [4.69, 9.17) is 14.2 Å². The zero-order valence-electron chi connectivity index (χ0n) is 13.7. The molecule has 2 bridgehead atoms. The Labute approximate surface area is 132 Å². The van der Waals surface area contributed by atoms with Crippen LogP contribution in [0.2, 0.25) is 0 Å². The van der Waals surface area contributed by atoms with E-state index in [1.165, 1.54) is 30.5 Å². The van der Waals surface area contributed by atoms with E-state index in [1.807, 2.05) is 7.11 Å². The minimum absolute atomic E-state index is 0.294. The molecule has 120 valence electrons. The lowest BCUT2D eigenvalue weighted by atomic mass is 9.63. The van der Waals surface area contributed by atoms with Crippen LogP contribution in [0.5, 0.6) is 11.5 Å². The van der Waals surface area contributed by atoms with Gasteiger partial charge in [0.15, 0.2) is 11.5 Å². The van der Waals surface area contributed by atoms with Gasteiger partial charge >= 0.3 is 0 Å². The fraction of sp³-hybridized carbons (Fsp3) is 0.667. The van der Waals surface area contributed by atoms with Crippen molar-refractivity contribution in [1.82, 2.24) is 4.90 Å². The van der Waals surface area contributed by atoms with Gasteiger partial charge in [-0.25, -0.2) is 0 Å². The molecule has 0 radical (unpaired) electrons. The molecule has 2 fully saturated rings. The summed E-state index contributed by atoms with van der Waals surface area (Å²) in [5, 5.41) is 0. The van der Waals surface area contributed by atoms with Gasteiger partial charge in [-0.1, -0.05) is 0 Å². The molecule has 1 saturated carbocycles. The molecule has 4 nitrogen and oxygen atoms in total. The van der Waals surface area contributed by atoms with Crippen LogP contribution in [-0.4, -0.2) is 44.9 Å². The number of fused-ring (bicyclic) bond motifs is 1. The third kappa shape index (κ3) is 1.83. The lowest BCUT2D eigenvalue weighted by Gasteiger charge is -2.49. The quantitative estimate of drug-likeness (QED) is 0.859. The lowest BCUT2D eigenvalue weighted by molar-refractivity contribution is 0.00921. The van der Waals surface area contributed by atoms with Crippen LogP contribution in [0.25, 0.3) is 0 Å². The van der Waals surface area contributed by atoms with Gasteiger partial charge in [0, 0.05) is 25.1 Å². The van der Waals surface area contributed by atoms with Gasteiger partial charge in [-0.15, -0.1) is 0 Å². The maximum Gasteiger partial charge on any atom is 0.161 e. The molecule has 0 amide bonds. The second-order valence-electron chi connectivity index (χ2n) is 6.89. The summed E-state index contributed by atoms with van der Waals surface area (Å²) in [6, 6.07) is 5.06. The molecule has 0 aromatic heterocycles. The van der Waals surface area contributed by atoms with E-state index in [0.717, 1.165) is 30.9 Å². The summed E-state index contributed by atoms with van der Waals surface area (Å²) in [6.07, 6.45) is 5.21. The van der Waals surface area contributed by atoms with Crippen LogP contribution in [0, 0.1) is 0 Å². The van der Waals surface area contributed by atoms with Crippen molar-refractivity contribution in [3.8, 4) is 11.5 Å². The summed E-state index contributed by atoms with van der Waals surface area (Å²) in [7, 11) is 5.29. The number of benzene rings is 1. The third-order valence-corrected chi connectivity index (χ3v) is 6.17. The van der Waals surface area contributed by atoms with Crippen LogP contribution >= 0.6 is 0 Å². The highest BCUT2D eigenvalue weighted by atomic mass is 16.5. The first kappa shape index (κ1) is 14.3. The summed E-state index contributed by atoms with van der Waals surface area (Å²) in [6.45, 7) is 2.22. The van der Waals surface area contributed by atoms with E-state index in [2.05, 4.69) is 17.0 Å². The Bertz CT molecular complexity index is 588. The normalized spacial score (nSPS) is 35.7. The molecule has 1 aromatic carbocycles. The van der Waals surface area contributed by atoms with Gasteiger partial charge in [-0.2, -0.15) is 0 Å². The summed E-state index contributed by atoms with van der Waals surface area (Å²) >= 11 is 0. The Morgan fingerprint density at radius 2 is 1.86 bits per heavy atom. The lowest BCUT2D eigenvalue weighted by Crippen LogP contribution is -2.51. The van der Waals surface area contributed by atoms with Crippen LogP contribution in [0.4, 0.5) is 0 Å². The van der Waals surface area contributed by atoms with Crippen molar-refractivity contribution in [3.63, 3.8) is 0 Å². The minimum Gasteiger partial charge on any atom is -0.493 e. The summed E-state index contributed by atoms with van der Waals surface area (Å²) in [5.41, 5.74) is 3.21. The standard InChI is InChI=1S/C18H25NO3/c1-20-13-4-5-18-6-7-19(17(18)9-13)11-12-8-15(21-2)16(22-3)10-14(12)18/h8,10,13,17H,4-7,9,11H2,1-3H3/t13-,17-,18-/m1/s1. The first-order valence-electron chi connectivity index (χ1n) is 8.24. The molecule has 4 atom stereocenters. The maximum absolute atomic E-state index is 5.66. The highest BCUT2D eigenvalue weighted by Gasteiger charge is 2.55. The molecule has 4 rings (SSSR count). The van der Waals surface area contributed by atoms with Crippen molar-refractivity contribution in [2.75, 3.05) is 27.9 Å². The Balaban J connectivity index is 1.81. The Kier molecular flexibility index (Phi) is 3.35. The molecule has 0 N–H and O–H groups in total. The molecule has 1 saturated heterocycles. The van der Waals surface area contributed by atoms with E-state index >= 15 is 0 Å². The molecule has 4 heteroatoms. The van der Waals surface area contributed by atoms with E-state index in [9.17, 15) is 0 Å². The van der Waals surface area contributed by atoms with Crippen molar-refractivity contribution in [2.24, 2.45) is 0 Å². The van der Waals surface area contributed by atoms with E-state index in [0.29, 0.717) is 17.6 Å². The number of hydrogen-bond donors (Lipinski definition) is 0. The summed E-state index contributed by atoms with van der Waals surface area (Å²) in [5.74, 6) is 1.71. The fourth-order valence-electron chi connectivity index (χ4n) is 5.05. The second kappa shape index (κ2) is 5.14. The zero-order chi connectivity index (χ0) is 15.3. The van der Waals surface area contributed by atoms with Crippen LogP contribution < -0.4 is 9.47 Å². The fourth-order valence-corrected chi connectivity index (χ4v) is 5.05. The van der Waals surface area contributed by atoms with Gasteiger partial charge in [0.05, 0.1) is 20.3 Å². The number of hydrogen-bond acceptors (Lipinski definition) is 4. The first-order chi connectivity index (χ1) is 10.7. The molecule has 1 aromatic rings. The van der Waals surface area contributed by atoms with Crippen LogP contribution in [0.3, 0.4) is 0 Å². The van der Waals surface area contributed by atoms with Crippen LogP contribution in [-0.2, 0) is 16.7 Å². The molecule has 3 aliphatic rings. The zero-order valence-corrected chi connectivity index (χ0v) is 13.7. The second-order valence-corrected chi connectivity index (χ2v) is 6.89. The maximum atomic E-state index is 5.66. The number of nitrogens with zero attached hydrogens (tertiary/aromatic N) is 1. The summed E-state index contributed by atoms with van der Waals surface area (Å²) in [4.78, 5) is 2.65. The SMILES string of the molecule is COc1cc2c(cc1OC)[C@]13CC[C@@H](OC)C[C@H]1N(CC3)C2. The van der Waals surface area contributed by atoms with Crippen molar-refractivity contribution in [3.05, 3.63) is 23.3 Å². The molecule has 1 unspecified atom stereocenters.